The average molecular weight is 361 g/mol. The molecule has 1 aromatic carbocycles. The van der Waals surface area contributed by atoms with Crippen molar-refractivity contribution >= 4 is 16.1 Å². The normalized spacial score (nSPS) is 13.9. The molecule has 0 aliphatic heterocycles. The zero-order valence-electron chi connectivity index (χ0n) is 14.6. The van der Waals surface area contributed by atoms with Crippen molar-refractivity contribution in [1.29, 1.82) is 0 Å². The summed E-state index contributed by atoms with van der Waals surface area (Å²) in [5, 5.41) is 9.41. The summed E-state index contributed by atoms with van der Waals surface area (Å²) in [6, 6.07) is 5.42. The number of ether oxygens (including phenoxy) is 1. The lowest BCUT2D eigenvalue weighted by atomic mass is 10.00. The number of carbonyl (C=O) groups excluding carboxylic acids is 1. The molecule has 138 valence electrons. The van der Waals surface area contributed by atoms with E-state index in [4.69, 9.17) is 15.0 Å². The van der Waals surface area contributed by atoms with Gasteiger partial charge in [0, 0.05) is 6.04 Å². The minimum Gasteiger partial charge on any atom is -0.461 e. The summed E-state index contributed by atoms with van der Waals surface area (Å²) in [6.07, 6.45) is -1.44. The molecular weight excluding hydrogens is 334 g/mol. The molecule has 4 N–H and O–H groups in total. The predicted octanol–water partition coefficient (Wildman–Crippen LogP) is 1.52. The molecule has 0 saturated heterocycles. The van der Waals surface area contributed by atoms with E-state index in [0.29, 0.717) is 0 Å². The fourth-order valence-electron chi connectivity index (χ4n) is 1.53. The lowest BCUT2D eigenvalue weighted by Crippen LogP contribution is -2.45. The van der Waals surface area contributed by atoms with E-state index in [0.717, 1.165) is 5.56 Å². The van der Waals surface area contributed by atoms with Crippen LogP contribution in [0.15, 0.2) is 29.2 Å². The smallest absolute Gasteiger partial charge is 0.336 e. The third kappa shape index (κ3) is 8.39. The number of nitrogens with two attached hydrogens (primary N) is 1. The Hall–Kier alpha value is -1.48. The first-order chi connectivity index (χ1) is 10.9. The number of rotatable bonds is 5. The van der Waals surface area contributed by atoms with Crippen molar-refractivity contribution in [3.05, 3.63) is 29.8 Å². The molecular formula is C16H27NO6S. The summed E-state index contributed by atoms with van der Waals surface area (Å²) >= 11 is 0. The molecule has 1 unspecified atom stereocenters. The van der Waals surface area contributed by atoms with Crippen LogP contribution in [0.5, 0.6) is 0 Å². The lowest BCUT2D eigenvalue weighted by molar-refractivity contribution is -0.159. The number of hydrogen-bond acceptors (Lipinski definition) is 6. The van der Waals surface area contributed by atoms with Gasteiger partial charge in [-0.05, 0) is 38.8 Å². The Balaban J connectivity index is 0.000000446. The molecule has 0 aromatic heterocycles. The van der Waals surface area contributed by atoms with E-state index >= 15 is 0 Å². The Morgan fingerprint density at radius 3 is 1.92 bits per heavy atom. The van der Waals surface area contributed by atoms with Gasteiger partial charge in [-0.15, -0.1) is 0 Å². The summed E-state index contributed by atoms with van der Waals surface area (Å²) in [4.78, 5) is 11.1. The highest BCUT2D eigenvalue weighted by molar-refractivity contribution is 7.85. The van der Waals surface area contributed by atoms with E-state index in [-0.39, 0.29) is 16.9 Å². The summed E-state index contributed by atoms with van der Waals surface area (Å²) in [5.74, 6) is -0.592. The van der Waals surface area contributed by atoms with E-state index in [9.17, 15) is 18.3 Å². The van der Waals surface area contributed by atoms with Crippen LogP contribution in [0.3, 0.4) is 0 Å². The van der Waals surface area contributed by atoms with Crippen LogP contribution in [0.25, 0.3) is 0 Å². The van der Waals surface area contributed by atoms with Gasteiger partial charge in [-0.2, -0.15) is 8.42 Å². The Morgan fingerprint density at radius 2 is 1.58 bits per heavy atom. The van der Waals surface area contributed by atoms with Gasteiger partial charge in [0.1, 0.15) is 0 Å². The van der Waals surface area contributed by atoms with E-state index < -0.39 is 28.2 Å². The van der Waals surface area contributed by atoms with Crippen molar-refractivity contribution in [1.82, 2.24) is 0 Å². The number of aliphatic hydroxyl groups is 1. The lowest BCUT2D eigenvalue weighted by Gasteiger charge is -2.21. The molecule has 1 aromatic rings. The van der Waals surface area contributed by atoms with Crippen molar-refractivity contribution in [2.75, 3.05) is 0 Å². The Morgan fingerprint density at radius 1 is 1.12 bits per heavy atom. The molecule has 0 aliphatic rings. The van der Waals surface area contributed by atoms with Crippen LogP contribution in [0.2, 0.25) is 0 Å². The molecule has 24 heavy (non-hydrogen) atoms. The van der Waals surface area contributed by atoms with Gasteiger partial charge in [0.15, 0.2) is 6.10 Å². The first kappa shape index (κ1) is 22.5. The van der Waals surface area contributed by atoms with Gasteiger partial charge >= 0.3 is 5.97 Å². The maximum Gasteiger partial charge on any atom is 0.336 e. The standard InChI is InChI=1S/C9H19NO3.C7H8O3S/c1-5(2)7(10)8(11)9(12)13-6(3)4;1-6-2-4-7(5-3-6)11(8,9)10/h5-8,11H,10H2,1-4H3;2-5H,1H3,(H,8,9,10)/t7?,8-;/m0./s1. The Labute approximate surface area is 143 Å². The van der Waals surface area contributed by atoms with Gasteiger partial charge in [-0.25, -0.2) is 4.79 Å². The summed E-state index contributed by atoms with van der Waals surface area (Å²) in [7, 11) is -4.02. The number of esters is 1. The van der Waals surface area contributed by atoms with Gasteiger partial charge < -0.3 is 15.6 Å². The molecule has 0 fully saturated rings. The first-order valence-corrected chi connectivity index (χ1v) is 8.98. The average Bonchev–Trinajstić information content (AvgIpc) is 2.45. The molecule has 0 aliphatic carbocycles. The number of carbonyl (C=O) groups is 1. The van der Waals surface area contributed by atoms with Crippen LogP contribution < -0.4 is 5.73 Å². The largest absolute Gasteiger partial charge is 0.461 e. The molecule has 1 rings (SSSR count). The second-order valence-electron chi connectivity index (χ2n) is 6.04. The van der Waals surface area contributed by atoms with Crippen molar-refractivity contribution in [2.45, 2.75) is 57.8 Å². The molecule has 0 radical (unpaired) electrons. The third-order valence-corrected chi connectivity index (χ3v) is 3.91. The van der Waals surface area contributed by atoms with E-state index in [1.807, 2.05) is 20.8 Å². The topological polar surface area (TPSA) is 127 Å². The fourth-order valence-corrected chi connectivity index (χ4v) is 2.01. The molecule has 0 saturated carbocycles. The maximum absolute atomic E-state index is 11.1. The van der Waals surface area contributed by atoms with Gasteiger partial charge in [0.05, 0.1) is 11.0 Å². The highest BCUT2D eigenvalue weighted by Gasteiger charge is 2.27. The SMILES string of the molecule is CC(C)OC(=O)[C@@H](O)C(N)C(C)C.Cc1ccc(S(=O)(=O)O)cc1. The van der Waals surface area contributed by atoms with Gasteiger partial charge in [-0.3, -0.25) is 4.55 Å². The summed E-state index contributed by atoms with van der Waals surface area (Å²) < 4.78 is 34.4. The molecule has 7 nitrogen and oxygen atoms in total. The third-order valence-electron chi connectivity index (χ3n) is 3.05. The van der Waals surface area contributed by atoms with Crippen LogP contribution in [0.4, 0.5) is 0 Å². The molecule has 0 bridgehead atoms. The summed E-state index contributed by atoms with van der Waals surface area (Å²) in [6.45, 7) is 8.98. The van der Waals surface area contributed by atoms with E-state index in [1.165, 1.54) is 12.1 Å². The van der Waals surface area contributed by atoms with Crippen molar-refractivity contribution in [3.8, 4) is 0 Å². The van der Waals surface area contributed by atoms with Crippen LogP contribution in [0.1, 0.15) is 33.3 Å². The van der Waals surface area contributed by atoms with Gasteiger partial charge in [0.25, 0.3) is 10.1 Å². The number of aryl methyl sites for hydroxylation is 1. The van der Waals surface area contributed by atoms with Crippen LogP contribution in [-0.4, -0.2) is 42.3 Å². The van der Waals surface area contributed by atoms with Crippen molar-refractivity contribution in [2.24, 2.45) is 11.7 Å². The van der Waals surface area contributed by atoms with E-state index in [2.05, 4.69) is 0 Å². The van der Waals surface area contributed by atoms with Crippen LogP contribution in [-0.2, 0) is 19.6 Å². The predicted molar refractivity (Wildman–Crippen MR) is 91.0 cm³/mol. The number of aliphatic hydroxyl groups excluding tert-OH is 1. The fraction of sp³-hybridized carbons (Fsp3) is 0.562. The van der Waals surface area contributed by atoms with Gasteiger partial charge in [-0.1, -0.05) is 31.5 Å². The zero-order chi connectivity index (χ0) is 19.1. The molecule has 0 amide bonds. The highest BCUT2D eigenvalue weighted by Crippen LogP contribution is 2.08. The van der Waals surface area contributed by atoms with Crippen LogP contribution in [0, 0.1) is 12.8 Å². The molecule has 8 heteroatoms. The van der Waals surface area contributed by atoms with Gasteiger partial charge in [0.2, 0.25) is 0 Å². The van der Waals surface area contributed by atoms with Crippen molar-refractivity contribution < 1.29 is 27.6 Å². The first-order valence-electron chi connectivity index (χ1n) is 7.54. The zero-order valence-corrected chi connectivity index (χ0v) is 15.4. The Bertz CT molecular complexity index is 610. The van der Waals surface area contributed by atoms with Crippen LogP contribution >= 0.6 is 0 Å². The molecule has 2 atom stereocenters. The number of hydrogen-bond donors (Lipinski definition) is 3. The Kier molecular flexibility index (Phi) is 9.13. The molecule has 0 spiro atoms. The summed E-state index contributed by atoms with van der Waals surface area (Å²) in [5.41, 5.74) is 6.54. The molecule has 0 heterocycles. The quantitative estimate of drug-likeness (QED) is 0.536. The second-order valence-corrected chi connectivity index (χ2v) is 7.46. The van der Waals surface area contributed by atoms with Crippen molar-refractivity contribution in [3.63, 3.8) is 0 Å². The van der Waals surface area contributed by atoms with E-state index in [1.54, 1.807) is 26.0 Å². The minimum absolute atomic E-state index is 0.0507. The monoisotopic (exact) mass is 361 g/mol. The second kappa shape index (κ2) is 9.73. The maximum atomic E-state index is 11.1. The minimum atomic E-state index is -4.02. The highest BCUT2D eigenvalue weighted by atomic mass is 32.2. The number of benzene rings is 1.